The van der Waals surface area contributed by atoms with Crippen LogP contribution in [-0.2, 0) is 14.2 Å². The lowest BCUT2D eigenvalue weighted by molar-refractivity contribution is -0.355. The quantitative estimate of drug-likeness (QED) is 0.142. The summed E-state index contributed by atoms with van der Waals surface area (Å²) >= 11 is 0. The summed E-state index contributed by atoms with van der Waals surface area (Å²) in [7, 11) is 0. The zero-order valence-electron chi connectivity index (χ0n) is 24.5. The van der Waals surface area contributed by atoms with Crippen LogP contribution >= 0.6 is 0 Å². The van der Waals surface area contributed by atoms with Crippen LogP contribution in [0.15, 0.2) is 96.1 Å². The van der Waals surface area contributed by atoms with Crippen LogP contribution in [-0.4, -0.2) is 121 Å². The van der Waals surface area contributed by atoms with E-state index in [0.717, 1.165) is 22.8 Å². The molecule has 1 unspecified atom stereocenters. The summed E-state index contributed by atoms with van der Waals surface area (Å²) in [6, 6.07) is 30.3. The molecule has 46 heavy (non-hydrogen) atoms. The van der Waals surface area contributed by atoms with Crippen LogP contribution < -0.4 is 15.7 Å². The number of aliphatic hydroxyl groups is 8. The van der Waals surface area contributed by atoms with Gasteiger partial charge in [0.05, 0.1) is 24.6 Å². The van der Waals surface area contributed by atoms with E-state index >= 15 is 0 Å². The third-order valence-electron chi connectivity index (χ3n) is 7.61. The standard InChI is InChI=1S/C19H16N4.C12H22O11/c1-4-10-16(11-5-1)19-20-22(17-12-6-2-7-13-17)23(21-19)18-14-8-3-9-15-18;13-1-3-5(15)6(16)9(19)12(22-3)23-10-4(2-14)21-11(20)8(18)7(10)17/h1-15H,(H,20,21);3-20H,1-2H2/t;3-,4-,5+,6+,7-,8-,9-,10-,11?,12+/m.1/s1. The van der Waals surface area contributed by atoms with Gasteiger partial charge in [-0.2, -0.15) is 10.2 Å². The normalized spacial score (nSPS) is 32.7. The highest BCUT2D eigenvalue weighted by atomic mass is 16.7. The van der Waals surface area contributed by atoms with E-state index in [4.69, 9.17) is 24.4 Å². The molecule has 3 heterocycles. The van der Waals surface area contributed by atoms with Gasteiger partial charge in [-0.25, -0.2) is 0 Å². The first-order chi connectivity index (χ1) is 22.2. The predicted octanol–water partition coefficient (Wildman–Crippen LogP) is -1.60. The van der Waals surface area contributed by atoms with E-state index in [2.05, 4.69) is 5.43 Å². The Hall–Kier alpha value is -3.71. The molecular weight excluding hydrogens is 604 g/mol. The molecule has 2 saturated heterocycles. The van der Waals surface area contributed by atoms with Gasteiger partial charge in [0, 0.05) is 5.56 Å². The molecule has 0 saturated carbocycles. The Morgan fingerprint density at radius 3 is 1.78 bits per heavy atom. The molecule has 9 N–H and O–H groups in total. The van der Waals surface area contributed by atoms with Crippen molar-refractivity contribution in [3.05, 3.63) is 96.6 Å². The second-order valence-corrected chi connectivity index (χ2v) is 10.7. The second kappa shape index (κ2) is 15.3. The van der Waals surface area contributed by atoms with E-state index in [0.29, 0.717) is 0 Å². The summed E-state index contributed by atoms with van der Waals surface area (Å²) in [5.74, 6) is 0.818. The van der Waals surface area contributed by atoms with Crippen LogP contribution in [0, 0.1) is 0 Å². The molecule has 10 atom stereocenters. The third-order valence-corrected chi connectivity index (χ3v) is 7.61. The lowest BCUT2D eigenvalue weighted by Gasteiger charge is -2.45. The van der Waals surface area contributed by atoms with Crippen molar-refractivity contribution in [3.8, 4) is 0 Å². The molecule has 3 aromatic carbocycles. The molecule has 0 spiro atoms. The molecule has 3 aliphatic heterocycles. The smallest absolute Gasteiger partial charge is 0.187 e. The average molecular weight is 643 g/mol. The molecule has 15 nitrogen and oxygen atoms in total. The maximum atomic E-state index is 9.94. The van der Waals surface area contributed by atoms with Crippen molar-refractivity contribution < 1.29 is 55.1 Å². The van der Waals surface area contributed by atoms with Crippen molar-refractivity contribution in [2.45, 2.75) is 61.4 Å². The molecule has 0 aromatic heterocycles. The Morgan fingerprint density at radius 1 is 0.630 bits per heavy atom. The van der Waals surface area contributed by atoms with Crippen molar-refractivity contribution in [1.29, 1.82) is 0 Å². The zero-order valence-corrected chi connectivity index (χ0v) is 24.5. The molecule has 248 valence electrons. The largest absolute Gasteiger partial charge is 0.394 e. The van der Waals surface area contributed by atoms with Gasteiger partial charge in [0.1, 0.15) is 48.8 Å². The number of benzene rings is 3. The molecule has 0 bridgehead atoms. The van der Waals surface area contributed by atoms with Gasteiger partial charge in [-0.3, -0.25) is 5.43 Å². The lowest BCUT2D eigenvalue weighted by Crippen LogP contribution is -2.64. The monoisotopic (exact) mass is 642 g/mol. The van der Waals surface area contributed by atoms with Crippen molar-refractivity contribution in [2.24, 2.45) is 5.10 Å². The molecule has 15 heteroatoms. The van der Waals surface area contributed by atoms with E-state index < -0.39 is 74.6 Å². The van der Waals surface area contributed by atoms with Crippen molar-refractivity contribution in [3.63, 3.8) is 0 Å². The third kappa shape index (κ3) is 7.30. The fourth-order valence-electron chi connectivity index (χ4n) is 5.08. The highest BCUT2D eigenvalue weighted by molar-refractivity contribution is 6.02. The van der Waals surface area contributed by atoms with E-state index in [1.54, 1.807) is 0 Å². The maximum absolute atomic E-state index is 9.94. The van der Waals surface area contributed by atoms with Crippen molar-refractivity contribution in [2.75, 3.05) is 23.4 Å². The molecule has 3 aromatic rings. The predicted molar refractivity (Wildman–Crippen MR) is 163 cm³/mol. The number of nitrogens with one attached hydrogen (secondary N) is 1. The minimum atomic E-state index is -1.74. The summed E-state index contributed by atoms with van der Waals surface area (Å²) in [5, 5.41) is 85.1. The number of hydrogen-bond donors (Lipinski definition) is 9. The summed E-state index contributed by atoms with van der Waals surface area (Å²) in [6.45, 7) is -1.35. The Morgan fingerprint density at radius 2 is 1.20 bits per heavy atom. The number of ether oxygens (including phenoxy) is 3. The molecular formula is C31H38N4O11. The number of para-hydroxylation sites is 2. The fourth-order valence-corrected chi connectivity index (χ4v) is 5.08. The topological polar surface area (TPSA) is 220 Å². The van der Waals surface area contributed by atoms with Gasteiger partial charge in [0.15, 0.2) is 18.4 Å². The molecule has 6 rings (SSSR count). The number of hydrazine groups is 2. The Kier molecular flexibility index (Phi) is 11.2. The van der Waals surface area contributed by atoms with Crippen LogP contribution in [0.2, 0.25) is 0 Å². The minimum Gasteiger partial charge on any atom is -0.394 e. The molecule has 0 radical (unpaired) electrons. The first kappa shape index (κ1) is 33.6. The van der Waals surface area contributed by atoms with E-state index in [9.17, 15) is 35.7 Å². The van der Waals surface area contributed by atoms with Crippen LogP contribution in [0.1, 0.15) is 5.56 Å². The Balaban J connectivity index is 0.000000181. The van der Waals surface area contributed by atoms with Gasteiger partial charge in [0.2, 0.25) is 0 Å². The van der Waals surface area contributed by atoms with Gasteiger partial charge in [-0.05, 0) is 24.3 Å². The number of amidine groups is 1. The van der Waals surface area contributed by atoms with Crippen molar-refractivity contribution >= 4 is 17.2 Å². The van der Waals surface area contributed by atoms with Crippen LogP contribution in [0.3, 0.4) is 0 Å². The van der Waals surface area contributed by atoms with Crippen LogP contribution in [0.4, 0.5) is 11.4 Å². The summed E-state index contributed by atoms with van der Waals surface area (Å²) < 4.78 is 15.3. The first-order valence-corrected chi connectivity index (χ1v) is 14.6. The summed E-state index contributed by atoms with van der Waals surface area (Å²) in [6.07, 6.45) is -15.6. The average Bonchev–Trinajstić information content (AvgIpc) is 3.56. The lowest BCUT2D eigenvalue weighted by atomic mass is 9.97. The highest BCUT2D eigenvalue weighted by Gasteiger charge is 2.50. The molecule has 0 aliphatic carbocycles. The van der Waals surface area contributed by atoms with Crippen LogP contribution in [0.25, 0.3) is 0 Å². The SMILES string of the molecule is OC[C@H]1O[C@@H](O[C@H]2[C@H](O)[C@@H](O)C(O)O[C@@H]2CO)[C@H](O)[C@@H](O)[C@H]1O.c1ccc(C2=NN(c3ccccc3)N(c3ccccc3)N2)cc1. The van der Waals surface area contributed by atoms with Gasteiger partial charge < -0.3 is 55.1 Å². The summed E-state index contributed by atoms with van der Waals surface area (Å²) in [5.41, 5.74) is 6.44. The maximum Gasteiger partial charge on any atom is 0.187 e. The Labute approximate surface area is 264 Å². The van der Waals surface area contributed by atoms with E-state index in [1.807, 2.05) is 101 Å². The number of aliphatic hydroxyl groups excluding tert-OH is 8. The van der Waals surface area contributed by atoms with E-state index in [1.165, 1.54) is 0 Å². The highest BCUT2D eigenvalue weighted by Crippen LogP contribution is 2.29. The molecule has 0 amide bonds. The number of hydrogen-bond acceptors (Lipinski definition) is 15. The Bertz CT molecular complexity index is 1390. The van der Waals surface area contributed by atoms with Crippen LogP contribution in [0.5, 0.6) is 0 Å². The molecule has 2 fully saturated rings. The molecule has 3 aliphatic rings. The number of nitrogens with zero attached hydrogens (tertiary/aromatic N) is 3. The van der Waals surface area contributed by atoms with Gasteiger partial charge in [-0.15, -0.1) is 5.10 Å². The fraction of sp³-hybridized carbons (Fsp3) is 0.387. The second-order valence-electron chi connectivity index (χ2n) is 10.7. The van der Waals surface area contributed by atoms with Gasteiger partial charge >= 0.3 is 0 Å². The number of hydrazone groups is 1. The van der Waals surface area contributed by atoms with Crippen molar-refractivity contribution in [1.82, 2.24) is 5.43 Å². The van der Waals surface area contributed by atoms with Gasteiger partial charge in [0.25, 0.3) is 0 Å². The summed E-state index contributed by atoms with van der Waals surface area (Å²) in [4.78, 5) is 0. The zero-order chi connectivity index (χ0) is 32.8. The number of rotatable bonds is 7. The van der Waals surface area contributed by atoms with Gasteiger partial charge in [-0.1, -0.05) is 66.7 Å². The van der Waals surface area contributed by atoms with E-state index in [-0.39, 0.29) is 0 Å². The first-order valence-electron chi connectivity index (χ1n) is 14.6. The minimum absolute atomic E-state index is 0.667. The number of anilines is 2.